The lowest BCUT2D eigenvalue weighted by Crippen LogP contribution is -2.45. The topological polar surface area (TPSA) is 53.2 Å². The molecular formula is C9H10ClN3OS. The van der Waals surface area contributed by atoms with Crippen molar-refractivity contribution in [2.24, 2.45) is 0 Å². The minimum absolute atomic E-state index is 0.296. The minimum Gasteiger partial charge on any atom is -0.364 e. The van der Waals surface area contributed by atoms with Gasteiger partial charge in [-0.1, -0.05) is 17.7 Å². The molecule has 0 heterocycles. The van der Waals surface area contributed by atoms with E-state index in [-0.39, 0.29) is 5.91 Å². The fourth-order valence-corrected chi connectivity index (χ4v) is 1.12. The van der Waals surface area contributed by atoms with Crippen molar-refractivity contribution in [3.05, 3.63) is 34.9 Å². The molecule has 0 aliphatic carbocycles. The average Bonchev–Trinajstić information content (AvgIpc) is 2.25. The van der Waals surface area contributed by atoms with Crippen molar-refractivity contribution in [3.8, 4) is 0 Å². The van der Waals surface area contributed by atoms with Crippen LogP contribution in [0.3, 0.4) is 0 Å². The van der Waals surface area contributed by atoms with Gasteiger partial charge < -0.3 is 5.32 Å². The number of halogens is 1. The summed E-state index contributed by atoms with van der Waals surface area (Å²) < 4.78 is 0. The molecule has 80 valence electrons. The van der Waals surface area contributed by atoms with E-state index >= 15 is 0 Å². The highest BCUT2D eigenvalue weighted by molar-refractivity contribution is 7.80. The van der Waals surface area contributed by atoms with E-state index in [1.165, 1.54) is 0 Å². The van der Waals surface area contributed by atoms with Gasteiger partial charge >= 0.3 is 0 Å². The molecule has 6 heteroatoms. The number of nitrogens with one attached hydrogen (secondary N) is 3. The summed E-state index contributed by atoms with van der Waals surface area (Å²) in [6.45, 7) is 0. The first-order valence-corrected chi connectivity index (χ1v) is 4.95. The summed E-state index contributed by atoms with van der Waals surface area (Å²) in [7, 11) is 1.65. The smallest absolute Gasteiger partial charge is 0.269 e. The number of rotatable bonds is 1. The van der Waals surface area contributed by atoms with Gasteiger partial charge in [-0.25, -0.2) is 0 Å². The molecule has 1 aromatic rings. The van der Waals surface area contributed by atoms with Gasteiger partial charge in [0.15, 0.2) is 5.11 Å². The first kappa shape index (κ1) is 11.7. The predicted molar refractivity (Wildman–Crippen MR) is 63.7 cm³/mol. The Bertz CT molecular complexity index is 383. The van der Waals surface area contributed by atoms with Crippen molar-refractivity contribution >= 4 is 34.8 Å². The van der Waals surface area contributed by atoms with Crippen LogP contribution in [0.15, 0.2) is 24.3 Å². The van der Waals surface area contributed by atoms with Gasteiger partial charge in [-0.3, -0.25) is 15.6 Å². The molecule has 0 radical (unpaired) electrons. The number of thiocarbonyl (C=S) groups is 1. The van der Waals surface area contributed by atoms with Gasteiger partial charge in [0.25, 0.3) is 5.91 Å². The van der Waals surface area contributed by atoms with E-state index in [0.717, 1.165) is 0 Å². The summed E-state index contributed by atoms with van der Waals surface area (Å²) in [6, 6.07) is 6.63. The van der Waals surface area contributed by atoms with E-state index in [1.807, 2.05) is 0 Å². The Morgan fingerprint density at radius 3 is 2.73 bits per heavy atom. The second-order valence-corrected chi connectivity index (χ2v) is 3.51. The quantitative estimate of drug-likeness (QED) is 0.510. The van der Waals surface area contributed by atoms with Crippen LogP contribution in [0.1, 0.15) is 10.4 Å². The Morgan fingerprint density at radius 1 is 1.40 bits per heavy atom. The zero-order valence-corrected chi connectivity index (χ0v) is 9.58. The van der Waals surface area contributed by atoms with Crippen LogP contribution in [0.4, 0.5) is 0 Å². The molecule has 0 saturated carbocycles. The van der Waals surface area contributed by atoms with Crippen molar-refractivity contribution < 1.29 is 4.79 Å². The van der Waals surface area contributed by atoms with Gasteiger partial charge in [0.05, 0.1) is 0 Å². The minimum atomic E-state index is -0.296. The molecular weight excluding hydrogens is 234 g/mol. The molecule has 15 heavy (non-hydrogen) atoms. The fraction of sp³-hybridized carbons (Fsp3) is 0.111. The van der Waals surface area contributed by atoms with Crippen molar-refractivity contribution in [3.63, 3.8) is 0 Å². The van der Waals surface area contributed by atoms with E-state index in [0.29, 0.717) is 15.7 Å². The molecule has 0 aliphatic heterocycles. The number of carbonyl (C=O) groups excluding carboxylic acids is 1. The second kappa shape index (κ2) is 5.53. The van der Waals surface area contributed by atoms with Crippen molar-refractivity contribution in [2.75, 3.05) is 7.05 Å². The maximum absolute atomic E-state index is 11.5. The van der Waals surface area contributed by atoms with Crippen LogP contribution in [-0.4, -0.2) is 18.1 Å². The van der Waals surface area contributed by atoms with Crippen LogP contribution in [0.2, 0.25) is 5.02 Å². The second-order valence-electron chi connectivity index (χ2n) is 2.67. The highest BCUT2D eigenvalue weighted by Crippen LogP contribution is 2.09. The van der Waals surface area contributed by atoms with Gasteiger partial charge in [0.2, 0.25) is 0 Å². The number of hydrazine groups is 1. The maximum Gasteiger partial charge on any atom is 0.269 e. The normalized spacial score (nSPS) is 9.20. The molecule has 3 N–H and O–H groups in total. The molecule has 0 bridgehead atoms. The number of amides is 1. The third kappa shape index (κ3) is 3.73. The van der Waals surface area contributed by atoms with Crippen molar-refractivity contribution in [1.29, 1.82) is 0 Å². The molecule has 1 aromatic carbocycles. The van der Waals surface area contributed by atoms with Gasteiger partial charge in [-0.05, 0) is 30.4 Å². The lowest BCUT2D eigenvalue weighted by Gasteiger charge is -2.08. The molecule has 1 amide bonds. The van der Waals surface area contributed by atoms with E-state index in [2.05, 4.69) is 16.2 Å². The number of carbonyl (C=O) groups is 1. The fourth-order valence-electron chi connectivity index (χ4n) is 0.878. The van der Waals surface area contributed by atoms with Gasteiger partial charge in [-0.15, -0.1) is 0 Å². The van der Waals surface area contributed by atoms with Crippen molar-refractivity contribution in [1.82, 2.24) is 16.2 Å². The molecule has 1 rings (SSSR count). The molecule has 0 fully saturated rings. The lowest BCUT2D eigenvalue weighted by molar-refractivity contribution is 0.0944. The zero-order valence-electron chi connectivity index (χ0n) is 8.00. The molecule has 0 saturated heterocycles. The summed E-state index contributed by atoms with van der Waals surface area (Å²) in [4.78, 5) is 11.5. The Morgan fingerprint density at radius 2 is 2.13 bits per heavy atom. The van der Waals surface area contributed by atoms with Gasteiger partial charge in [0.1, 0.15) is 0 Å². The largest absolute Gasteiger partial charge is 0.364 e. The van der Waals surface area contributed by atoms with Crippen LogP contribution < -0.4 is 16.2 Å². The number of hydrogen-bond acceptors (Lipinski definition) is 2. The average molecular weight is 244 g/mol. The summed E-state index contributed by atoms with van der Waals surface area (Å²) in [5.41, 5.74) is 5.42. The first-order chi connectivity index (χ1) is 7.13. The Balaban J connectivity index is 2.58. The Hall–Kier alpha value is -1.33. The third-order valence-electron chi connectivity index (χ3n) is 1.60. The molecule has 0 spiro atoms. The number of benzene rings is 1. The van der Waals surface area contributed by atoms with Crippen LogP contribution in [-0.2, 0) is 0 Å². The van der Waals surface area contributed by atoms with Crippen LogP contribution in [0.25, 0.3) is 0 Å². The Labute approximate surface area is 98.0 Å². The van der Waals surface area contributed by atoms with Gasteiger partial charge in [0, 0.05) is 17.6 Å². The molecule has 0 unspecified atom stereocenters. The summed E-state index contributed by atoms with van der Waals surface area (Å²) in [5, 5.41) is 3.51. The summed E-state index contributed by atoms with van der Waals surface area (Å²) in [6.07, 6.45) is 0. The summed E-state index contributed by atoms with van der Waals surface area (Å²) >= 11 is 10.5. The molecule has 0 aliphatic rings. The zero-order chi connectivity index (χ0) is 11.3. The first-order valence-electron chi connectivity index (χ1n) is 4.17. The monoisotopic (exact) mass is 243 g/mol. The molecule has 0 aromatic heterocycles. The van der Waals surface area contributed by atoms with Crippen LogP contribution in [0.5, 0.6) is 0 Å². The predicted octanol–water partition coefficient (Wildman–Crippen LogP) is 1.08. The standard InChI is InChI=1S/C9H10ClN3OS/c1-11-9(15)13-12-8(14)6-3-2-4-7(10)5-6/h2-5H,1H3,(H,12,14)(H2,11,13,15). The summed E-state index contributed by atoms with van der Waals surface area (Å²) in [5.74, 6) is -0.296. The van der Waals surface area contributed by atoms with E-state index in [4.69, 9.17) is 23.8 Å². The van der Waals surface area contributed by atoms with E-state index < -0.39 is 0 Å². The maximum atomic E-state index is 11.5. The number of hydrogen-bond donors (Lipinski definition) is 3. The highest BCUT2D eigenvalue weighted by atomic mass is 35.5. The van der Waals surface area contributed by atoms with Crippen LogP contribution >= 0.6 is 23.8 Å². The van der Waals surface area contributed by atoms with Crippen molar-refractivity contribution in [2.45, 2.75) is 0 Å². The van der Waals surface area contributed by atoms with Gasteiger partial charge in [-0.2, -0.15) is 0 Å². The molecule has 4 nitrogen and oxygen atoms in total. The SMILES string of the molecule is CNC(=S)NNC(=O)c1cccc(Cl)c1. The third-order valence-corrected chi connectivity index (χ3v) is 2.14. The lowest BCUT2D eigenvalue weighted by atomic mass is 10.2. The van der Waals surface area contributed by atoms with Crippen LogP contribution in [0, 0.1) is 0 Å². The highest BCUT2D eigenvalue weighted by Gasteiger charge is 2.04. The molecule has 0 atom stereocenters. The van der Waals surface area contributed by atoms with E-state index in [1.54, 1.807) is 31.3 Å². The van der Waals surface area contributed by atoms with E-state index in [9.17, 15) is 4.79 Å². The Kier molecular flexibility index (Phi) is 4.33.